The van der Waals surface area contributed by atoms with Crippen molar-refractivity contribution in [2.45, 2.75) is 24.8 Å². The molecule has 6 heteroatoms. The van der Waals surface area contributed by atoms with E-state index in [1.54, 1.807) is 24.3 Å². The summed E-state index contributed by atoms with van der Waals surface area (Å²) in [4.78, 5) is 11.7. The molecule has 0 spiro atoms. The highest BCUT2D eigenvalue weighted by Gasteiger charge is 2.27. The van der Waals surface area contributed by atoms with Crippen LogP contribution in [0.1, 0.15) is 24.3 Å². The van der Waals surface area contributed by atoms with Crippen LogP contribution in [0.2, 0.25) is 0 Å². The van der Waals surface area contributed by atoms with Gasteiger partial charge in [0.25, 0.3) is 0 Å². The summed E-state index contributed by atoms with van der Waals surface area (Å²) in [6, 6.07) is 8.71. The van der Waals surface area contributed by atoms with Crippen molar-refractivity contribution in [2.75, 3.05) is 0 Å². The number of hydrogen-bond donors (Lipinski definition) is 1. The van der Waals surface area contributed by atoms with E-state index in [0.29, 0.717) is 5.76 Å². The zero-order chi connectivity index (χ0) is 16.3. The van der Waals surface area contributed by atoms with Gasteiger partial charge < -0.3 is 4.42 Å². The Labute approximate surface area is 129 Å². The summed E-state index contributed by atoms with van der Waals surface area (Å²) in [5.41, 5.74) is 1.07. The number of benzene rings is 1. The van der Waals surface area contributed by atoms with E-state index in [1.807, 2.05) is 6.92 Å². The monoisotopic (exact) mass is 319 g/mol. The molecule has 1 atom stereocenters. The smallest absolute Gasteiger partial charge is 0.241 e. The van der Waals surface area contributed by atoms with Gasteiger partial charge in [0.15, 0.2) is 5.78 Å². The van der Waals surface area contributed by atoms with Crippen molar-refractivity contribution in [2.24, 2.45) is 0 Å². The van der Waals surface area contributed by atoms with Crippen LogP contribution in [-0.2, 0) is 14.8 Å². The number of aryl methyl sites for hydroxylation is 1. The molecule has 0 saturated carbocycles. The maximum absolute atomic E-state index is 12.5. The molecule has 1 aromatic heterocycles. The van der Waals surface area contributed by atoms with Gasteiger partial charge in [-0.25, -0.2) is 8.42 Å². The summed E-state index contributed by atoms with van der Waals surface area (Å²) in [6.45, 7) is 6.87. The Bertz CT molecular complexity index is 774. The molecule has 0 fully saturated rings. The molecule has 0 saturated heterocycles. The number of carbonyl (C=O) groups excluding carboxylic acids is 1. The van der Waals surface area contributed by atoms with Crippen molar-refractivity contribution in [3.05, 3.63) is 66.1 Å². The predicted molar refractivity (Wildman–Crippen MR) is 82.8 cm³/mol. The van der Waals surface area contributed by atoms with E-state index in [-0.39, 0.29) is 16.3 Å². The SMILES string of the molecule is C=C(C(C)=O)[C@H](NS(=O)(=O)c1ccc(C)cc1)c1ccco1. The van der Waals surface area contributed by atoms with Crippen molar-refractivity contribution in [3.8, 4) is 0 Å². The van der Waals surface area contributed by atoms with Gasteiger partial charge in [-0.1, -0.05) is 24.3 Å². The normalized spacial score (nSPS) is 12.8. The summed E-state index contributed by atoms with van der Waals surface area (Å²) in [5, 5.41) is 0. The number of hydrogen-bond acceptors (Lipinski definition) is 4. The minimum absolute atomic E-state index is 0.116. The third kappa shape index (κ3) is 3.52. The van der Waals surface area contributed by atoms with E-state index in [4.69, 9.17) is 4.42 Å². The number of furan rings is 1. The molecule has 0 aliphatic heterocycles. The Morgan fingerprint density at radius 2 is 1.86 bits per heavy atom. The van der Waals surface area contributed by atoms with Gasteiger partial charge in [-0.05, 0) is 38.1 Å². The van der Waals surface area contributed by atoms with E-state index < -0.39 is 16.1 Å². The fourth-order valence-electron chi connectivity index (χ4n) is 1.90. The molecular weight excluding hydrogens is 302 g/mol. The Hall–Kier alpha value is -2.18. The third-order valence-corrected chi connectivity index (χ3v) is 4.67. The molecule has 2 rings (SSSR count). The molecule has 22 heavy (non-hydrogen) atoms. The van der Waals surface area contributed by atoms with Gasteiger partial charge in [0.2, 0.25) is 10.0 Å². The first-order chi connectivity index (χ1) is 10.3. The summed E-state index contributed by atoms with van der Waals surface area (Å²) in [7, 11) is -3.80. The number of sulfonamides is 1. The lowest BCUT2D eigenvalue weighted by Crippen LogP contribution is -2.31. The lowest BCUT2D eigenvalue weighted by molar-refractivity contribution is -0.113. The Morgan fingerprint density at radius 3 is 2.36 bits per heavy atom. The van der Waals surface area contributed by atoms with Crippen molar-refractivity contribution in [3.63, 3.8) is 0 Å². The molecular formula is C16H17NO4S. The third-order valence-electron chi connectivity index (χ3n) is 3.23. The quantitative estimate of drug-likeness (QED) is 0.831. The maximum atomic E-state index is 12.5. The van der Waals surface area contributed by atoms with Gasteiger partial charge in [-0.3, -0.25) is 4.79 Å². The van der Waals surface area contributed by atoms with Gasteiger partial charge in [-0.2, -0.15) is 4.72 Å². The molecule has 5 nitrogen and oxygen atoms in total. The van der Waals surface area contributed by atoms with Gasteiger partial charge >= 0.3 is 0 Å². The lowest BCUT2D eigenvalue weighted by Gasteiger charge is -2.17. The first-order valence-electron chi connectivity index (χ1n) is 6.63. The molecule has 116 valence electrons. The van der Waals surface area contributed by atoms with E-state index in [0.717, 1.165) is 5.56 Å². The minimum atomic E-state index is -3.80. The largest absolute Gasteiger partial charge is 0.467 e. The fraction of sp³-hybridized carbons (Fsp3) is 0.188. The molecule has 0 bridgehead atoms. The zero-order valence-corrected chi connectivity index (χ0v) is 13.2. The minimum Gasteiger partial charge on any atom is -0.467 e. The average molecular weight is 319 g/mol. The second-order valence-electron chi connectivity index (χ2n) is 4.96. The van der Waals surface area contributed by atoms with Crippen molar-refractivity contribution < 1.29 is 17.6 Å². The molecule has 0 aliphatic carbocycles. The van der Waals surface area contributed by atoms with Crippen molar-refractivity contribution >= 4 is 15.8 Å². The van der Waals surface area contributed by atoms with Gasteiger partial charge in [-0.15, -0.1) is 0 Å². The molecule has 0 amide bonds. The van der Waals surface area contributed by atoms with Crippen LogP contribution in [0.15, 0.2) is 64.1 Å². The van der Waals surface area contributed by atoms with Gasteiger partial charge in [0, 0.05) is 5.57 Å². The zero-order valence-electron chi connectivity index (χ0n) is 12.4. The average Bonchev–Trinajstić information content (AvgIpc) is 2.98. The van der Waals surface area contributed by atoms with Gasteiger partial charge in [0.1, 0.15) is 11.8 Å². The fourth-order valence-corrected chi connectivity index (χ4v) is 3.10. The van der Waals surface area contributed by atoms with Crippen LogP contribution < -0.4 is 4.72 Å². The van der Waals surface area contributed by atoms with Gasteiger partial charge in [0.05, 0.1) is 11.2 Å². The number of rotatable bonds is 6. The summed E-state index contributed by atoms with van der Waals surface area (Å²) in [6.07, 6.45) is 1.41. The van der Waals surface area contributed by atoms with Crippen LogP contribution in [0.25, 0.3) is 0 Å². The van der Waals surface area contributed by atoms with E-state index in [2.05, 4.69) is 11.3 Å². The molecule has 1 N–H and O–H groups in total. The molecule has 0 unspecified atom stereocenters. The standard InChI is InChI=1S/C16H17NO4S/c1-11-6-8-14(9-7-11)22(19,20)17-16(12(2)13(3)18)15-5-4-10-21-15/h4-10,16-17H,2H2,1,3H3/t16-/m0/s1. The van der Waals surface area contributed by atoms with E-state index >= 15 is 0 Å². The predicted octanol–water partition coefficient (Wildman–Crippen LogP) is 2.75. The van der Waals surface area contributed by atoms with Crippen molar-refractivity contribution in [1.82, 2.24) is 4.72 Å². The lowest BCUT2D eigenvalue weighted by atomic mass is 10.0. The molecule has 1 heterocycles. The number of ketones is 1. The summed E-state index contributed by atoms with van der Waals surface area (Å²) >= 11 is 0. The molecule has 1 aromatic carbocycles. The van der Waals surface area contributed by atoms with Crippen LogP contribution in [0.3, 0.4) is 0 Å². The first kappa shape index (κ1) is 16.2. The van der Waals surface area contributed by atoms with Crippen LogP contribution >= 0.6 is 0 Å². The van der Waals surface area contributed by atoms with Crippen molar-refractivity contribution in [1.29, 1.82) is 0 Å². The van der Waals surface area contributed by atoms with Crippen LogP contribution in [0.5, 0.6) is 0 Å². The highest BCUT2D eigenvalue weighted by molar-refractivity contribution is 7.89. The van der Waals surface area contributed by atoms with Crippen LogP contribution in [0, 0.1) is 6.92 Å². The maximum Gasteiger partial charge on any atom is 0.241 e. The Kier molecular flexibility index (Phi) is 4.63. The highest BCUT2D eigenvalue weighted by atomic mass is 32.2. The molecule has 0 radical (unpaired) electrons. The molecule has 0 aliphatic rings. The molecule has 2 aromatic rings. The first-order valence-corrected chi connectivity index (χ1v) is 8.11. The van der Waals surface area contributed by atoms with Crippen LogP contribution in [-0.4, -0.2) is 14.2 Å². The van der Waals surface area contributed by atoms with Crippen LogP contribution in [0.4, 0.5) is 0 Å². The summed E-state index contributed by atoms with van der Waals surface area (Å²) < 4.78 is 32.6. The topological polar surface area (TPSA) is 76.4 Å². The Morgan fingerprint density at radius 1 is 1.23 bits per heavy atom. The second-order valence-corrected chi connectivity index (χ2v) is 6.68. The summed E-state index contributed by atoms with van der Waals surface area (Å²) in [5.74, 6) is 0.00360. The number of Topliss-reactive ketones (excluding diaryl/α,β-unsaturated/α-hetero) is 1. The van der Waals surface area contributed by atoms with E-state index in [9.17, 15) is 13.2 Å². The van der Waals surface area contributed by atoms with E-state index in [1.165, 1.54) is 25.3 Å². The highest BCUT2D eigenvalue weighted by Crippen LogP contribution is 2.24. The number of nitrogens with one attached hydrogen (secondary N) is 1. The Balaban J connectivity index is 2.36. The second kappa shape index (κ2) is 6.29. The number of carbonyl (C=O) groups is 1.